The Bertz CT molecular complexity index is 864. The predicted molar refractivity (Wildman–Crippen MR) is 104 cm³/mol. The molecule has 146 valence electrons. The maximum atomic E-state index is 12.4. The zero-order valence-corrected chi connectivity index (χ0v) is 16.9. The van der Waals surface area contributed by atoms with E-state index in [1.165, 1.54) is 11.0 Å². The molecular formula is C18H22N2O5S2. The first-order chi connectivity index (χ1) is 12.7. The summed E-state index contributed by atoms with van der Waals surface area (Å²) in [6, 6.07) is 10.9. The average molecular weight is 411 g/mol. The second kappa shape index (κ2) is 9.12. The molecule has 0 aliphatic carbocycles. The van der Waals surface area contributed by atoms with Crippen molar-refractivity contribution < 1.29 is 22.7 Å². The summed E-state index contributed by atoms with van der Waals surface area (Å²) in [6.45, 7) is 2.91. The number of nitrogens with zero attached hydrogens (tertiary/aromatic N) is 1. The lowest BCUT2D eigenvalue weighted by Gasteiger charge is -2.21. The van der Waals surface area contributed by atoms with Gasteiger partial charge in [0.1, 0.15) is 10.3 Å². The number of carbonyl (C=O) groups is 2. The maximum absolute atomic E-state index is 12.4. The summed E-state index contributed by atoms with van der Waals surface area (Å²) in [5.41, 5.74) is 0.664. The number of likely N-dealkylation sites (N-methyl/N-ethyl adjacent to an activating group) is 1. The number of benzene rings is 1. The Balaban J connectivity index is 2.00. The molecule has 0 saturated heterocycles. The molecule has 1 aromatic heterocycles. The summed E-state index contributed by atoms with van der Waals surface area (Å²) in [5.74, 6) is -1.56. The second-order valence-corrected chi connectivity index (χ2v) is 9.06. The number of para-hydroxylation sites is 1. The van der Waals surface area contributed by atoms with E-state index in [0.29, 0.717) is 5.69 Å². The first-order valence-electron chi connectivity index (χ1n) is 8.26. The summed E-state index contributed by atoms with van der Waals surface area (Å²) < 4.78 is 32.3. The standard InChI is InChI=1S/C18H22N2O5S2/c1-13(2)17(19-27(23,24)16-10-7-11-26-16)18(22)25-12-15(21)20(3)14-8-5-4-6-9-14/h4-11,13,17,19H,12H2,1-3H3/t17-/m0/s1. The third kappa shape index (κ3) is 5.62. The number of nitrogens with one attached hydrogen (secondary N) is 1. The van der Waals surface area contributed by atoms with Crippen LogP contribution in [-0.4, -0.2) is 40.0 Å². The van der Waals surface area contributed by atoms with Gasteiger partial charge >= 0.3 is 5.97 Å². The highest BCUT2D eigenvalue weighted by Crippen LogP contribution is 2.18. The summed E-state index contributed by atoms with van der Waals surface area (Å²) >= 11 is 1.05. The van der Waals surface area contributed by atoms with Crippen molar-refractivity contribution in [2.75, 3.05) is 18.6 Å². The van der Waals surface area contributed by atoms with E-state index in [4.69, 9.17) is 4.74 Å². The monoisotopic (exact) mass is 410 g/mol. The van der Waals surface area contributed by atoms with Crippen LogP contribution in [0.2, 0.25) is 0 Å². The molecule has 1 atom stereocenters. The maximum Gasteiger partial charge on any atom is 0.324 e. The smallest absolute Gasteiger partial charge is 0.324 e. The lowest BCUT2D eigenvalue weighted by atomic mass is 10.1. The molecular weight excluding hydrogens is 388 g/mol. The highest BCUT2D eigenvalue weighted by atomic mass is 32.2. The Morgan fingerprint density at radius 2 is 1.81 bits per heavy atom. The van der Waals surface area contributed by atoms with E-state index in [9.17, 15) is 18.0 Å². The number of hydrogen-bond donors (Lipinski definition) is 1. The highest BCUT2D eigenvalue weighted by Gasteiger charge is 2.30. The van der Waals surface area contributed by atoms with Crippen LogP contribution in [0.5, 0.6) is 0 Å². The van der Waals surface area contributed by atoms with Gasteiger partial charge in [0.05, 0.1) is 0 Å². The van der Waals surface area contributed by atoms with E-state index in [-0.39, 0.29) is 10.1 Å². The SMILES string of the molecule is CC(C)[C@H](NS(=O)(=O)c1cccs1)C(=O)OCC(=O)N(C)c1ccccc1. The number of rotatable bonds is 8. The number of esters is 1. The quantitative estimate of drug-likeness (QED) is 0.674. The minimum Gasteiger partial charge on any atom is -0.454 e. The minimum absolute atomic E-state index is 0.112. The summed E-state index contributed by atoms with van der Waals surface area (Å²) in [5, 5.41) is 1.63. The Morgan fingerprint density at radius 3 is 2.37 bits per heavy atom. The number of anilines is 1. The second-order valence-electron chi connectivity index (χ2n) is 6.17. The van der Waals surface area contributed by atoms with Gasteiger partial charge in [0, 0.05) is 12.7 Å². The van der Waals surface area contributed by atoms with E-state index in [1.54, 1.807) is 56.6 Å². The van der Waals surface area contributed by atoms with Crippen molar-refractivity contribution in [2.45, 2.75) is 24.1 Å². The Labute approximate surface area is 163 Å². The molecule has 1 N–H and O–H groups in total. The van der Waals surface area contributed by atoms with E-state index in [1.807, 2.05) is 6.07 Å². The van der Waals surface area contributed by atoms with E-state index >= 15 is 0 Å². The van der Waals surface area contributed by atoms with Crippen molar-refractivity contribution in [3.05, 3.63) is 47.8 Å². The zero-order chi connectivity index (χ0) is 20.0. The number of ether oxygens (including phenoxy) is 1. The molecule has 2 aromatic rings. The molecule has 0 unspecified atom stereocenters. The largest absolute Gasteiger partial charge is 0.454 e. The van der Waals surface area contributed by atoms with Gasteiger partial charge in [-0.1, -0.05) is 38.1 Å². The predicted octanol–water partition coefficient (Wildman–Crippen LogP) is 2.26. The van der Waals surface area contributed by atoms with Crippen LogP contribution >= 0.6 is 11.3 Å². The molecule has 0 bridgehead atoms. The minimum atomic E-state index is -3.83. The average Bonchev–Trinajstić information content (AvgIpc) is 3.19. The van der Waals surface area contributed by atoms with Crippen molar-refractivity contribution in [1.82, 2.24) is 4.72 Å². The molecule has 2 rings (SSSR count). The van der Waals surface area contributed by atoms with Gasteiger partial charge in [-0.15, -0.1) is 11.3 Å². The first kappa shape index (κ1) is 21.1. The molecule has 0 aliphatic heterocycles. The van der Waals surface area contributed by atoms with Gasteiger partial charge < -0.3 is 9.64 Å². The van der Waals surface area contributed by atoms with Crippen LogP contribution in [0.25, 0.3) is 0 Å². The molecule has 0 saturated carbocycles. The van der Waals surface area contributed by atoms with Gasteiger partial charge in [0.15, 0.2) is 6.61 Å². The first-order valence-corrected chi connectivity index (χ1v) is 10.6. The fourth-order valence-corrected chi connectivity index (χ4v) is 4.56. The lowest BCUT2D eigenvalue weighted by Crippen LogP contribution is -2.46. The van der Waals surface area contributed by atoms with Gasteiger partial charge in [0.2, 0.25) is 0 Å². The molecule has 1 amide bonds. The van der Waals surface area contributed by atoms with E-state index in [2.05, 4.69) is 4.72 Å². The van der Waals surface area contributed by atoms with Crippen molar-refractivity contribution >= 4 is 38.9 Å². The molecule has 7 nitrogen and oxygen atoms in total. The fraction of sp³-hybridized carbons (Fsp3) is 0.333. The molecule has 0 fully saturated rings. The van der Waals surface area contributed by atoms with Gasteiger partial charge in [-0.2, -0.15) is 4.72 Å². The van der Waals surface area contributed by atoms with Gasteiger partial charge in [0.25, 0.3) is 15.9 Å². The Morgan fingerprint density at radius 1 is 1.15 bits per heavy atom. The van der Waals surface area contributed by atoms with Crippen molar-refractivity contribution in [3.63, 3.8) is 0 Å². The third-order valence-electron chi connectivity index (χ3n) is 3.82. The van der Waals surface area contributed by atoms with Crippen LogP contribution in [0.3, 0.4) is 0 Å². The molecule has 27 heavy (non-hydrogen) atoms. The Kier molecular flexibility index (Phi) is 7.11. The number of thiophene rings is 1. The molecule has 1 aromatic carbocycles. The number of amides is 1. The van der Waals surface area contributed by atoms with Crippen molar-refractivity contribution in [2.24, 2.45) is 5.92 Å². The van der Waals surface area contributed by atoms with E-state index < -0.39 is 34.5 Å². The summed E-state index contributed by atoms with van der Waals surface area (Å²) in [7, 11) is -2.26. The normalized spacial score (nSPS) is 12.6. The van der Waals surface area contributed by atoms with Gasteiger partial charge in [-0.05, 0) is 29.5 Å². The van der Waals surface area contributed by atoms with Gasteiger partial charge in [-0.25, -0.2) is 8.42 Å². The Hall–Kier alpha value is -2.23. The summed E-state index contributed by atoms with van der Waals surface area (Å²) in [4.78, 5) is 26.0. The van der Waals surface area contributed by atoms with Crippen LogP contribution in [-0.2, 0) is 24.3 Å². The fourth-order valence-electron chi connectivity index (χ4n) is 2.21. The van der Waals surface area contributed by atoms with Crippen LogP contribution in [0.4, 0.5) is 5.69 Å². The number of sulfonamides is 1. The lowest BCUT2D eigenvalue weighted by molar-refractivity contribution is -0.150. The zero-order valence-electron chi connectivity index (χ0n) is 15.3. The van der Waals surface area contributed by atoms with Crippen molar-refractivity contribution in [3.8, 4) is 0 Å². The molecule has 1 heterocycles. The van der Waals surface area contributed by atoms with Crippen LogP contribution in [0.15, 0.2) is 52.1 Å². The summed E-state index contributed by atoms with van der Waals surface area (Å²) in [6.07, 6.45) is 0. The third-order valence-corrected chi connectivity index (χ3v) is 6.66. The van der Waals surface area contributed by atoms with Crippen LogP contribution in [0, 0.1) is 5.92 Å². The van der Waals surface area contributed by atoms with Gasteiger partial charge in [-0.3, -0.25) is 9.59 Å². The van der Waals surface area contributed by atoms with Crippen molar-refractivity contribution in [1.29, 1.82) is 0 Å². The topological polar surface area (TPSA) is 92.8 Å². The number of carbonyl (C=O) groups excluding carboxylic acids is 2. The van der Waals surface area contributed by atoms with E-state index in [0.717, 1.165) is 11.3 Å². The van der Waals surface area contributed by atoms with Crippen LogP contribution < -0.4 is 9.62 Å². The number of hydrogen-bond acceptors (Lipinski definition) is 6. The van der Waals surface area contributed by atoms with Crippen LogP contribution in [0.1, 0.15) is 13.8 Å². The molecule has 0 spiro atoms. The highest BCUT2D eigenvalue weighted by molar-refractivity contribution is 7.91. The molecule has 9 heteroatoms. The molecule has 0 radical (unpaired) electrons. The molecule has 0 aliphatic rings.